The van der Waals surface area contributed by atoms with E-state index in [4.69, 9.17) is 9.47 Å². The summed E-state index contributed by atoms with van der Waals surface area (Å²) in [5, 5.41) is 6.40. The van der Waals surface area contributed by atoms with Gasteiger partial charge in [0.2, 0.25) is 5.91 Å². The van der Waals surface area contributed by atoms with E-state index in [-0.39, 0.29) is 18.1 Å². The number of carbonyl (C=O) groups excluding carboxylic acids is 1. The van der Waals surface area contributed by atoms with Crippen LogP contribution in [0, 0.1) is 5.92 Å². The lowest BCUT2D eigenvalue weighted by molar-refractivity contribution is -0.123. The van der Waals surface area contributed by atoms with E-state index in [2.05, 4.69) is 22.8 Å². The van der Waals surface area contributed by atoms with Crippen molar-refractivity contribution in [2.75, 3.05) is 32.9 Å². The summed E-state index contributed by atoms with van der Waals surface area (Å²) in [6.45, 7) is 3.65. The monoisotopic (exact) mass is 318 g/mol. The summed E-state index contributed by atoms with van der Waals surface area (Å²) in [4.78, 5) is 12.1. The largest absolute Gasteiger partial charge is 0.378 e. The molecule has 0 spiro atoms. The Kier molecular flexibility index (Phi) is 6.02. The highest BCUT2D eigenvalue weighted by atomic mass is 16.5. The van der Waals surface area contributed by atoms with Gasteiger partial charge in [0.15, 0.2) is 0 Å². The summed E-state index contributed by atoms with van der Waals surface area (Å²) in [5.41, 5.74) is 1.20. The standard InChI is InChI=1S/C18H26N2O3/c21-17(11-16-13-22-10-8-19-16)20-12-15-7-4-9-23-18(15)14-5-2-1-3-6-14/h1-3,5-6,15-16,18-19H,4,7-13H2,(H,20,21). The van der Waals surface area contributed by atoms with E-state index in [0.717, 1.165) is 32.6 Å². The lowest BCUT2D eigenvalue weighted by Gasteiger charge is -2.32. The van der Waals surface area contributed by atoms with Crippen molar-refractivity contribution in [3.8, 4) is 0 Å². The molecule has 0 aliphatic carbocycles. The number of carbonyl (C=O) groups is 1. The Morgan fingerprint density at radius 1 is 1.26 bits per heavy atom. The lowest BCUT2D eigenvalue weighted by atomic mass is 9.89. The number of morpholine rings is 1. The van der Waals surface area contributed by atoms with Gasteiger partial charge >= 0.3 is 0 Å². The molecule has 0 aromatic heterocycles. The Morgan fingerprint density at radius 3 is 2.91 bits per heavy atom. The maximum absolute atomic E-state index is 12.1. The number of hydrogen-bond acceptors (Lipinski definition) is 4. The second kappa shape index (κ2) is 8.43. The minimum atomic E-state index is 0.0846. The first kappa shape index (κ1) is 16.4. The Balaban J connectivity index is 1.50. The number of ether oxygens (including phenoxy) is 2. The molecule has 1 amide bonds. The first-order chi connectivity index (χ1) is 11.3. The SMILES string of the molecule is O=C(CC1COCCN1)NCC1CCCOC1c1ccccc1. The van der Waals surface area contributed by atoms with Crippen LogP contribution in [0.1, 0.15) is 30.9 Å². The van der Waals surface area contributed by atoms with Crippen molar-refractivity contribution < 1.29 is 14.3 Å². The Labute approximate surface area is 137 Å². The molecule has 126 valence electrons. The van der Waals surface area contributed by atoms with Crippen LogP contribution in [-0.2, 0) is 14.3 Å². The molecule has 5 nitrogen and oxygen atoms in total. The predicted molar refractivity (Wildman–Crippen MR) is 88.1 cm³/mol. The first-order valence-electron chi connectivity index (χ1n) is 8.57. The number of amides is 1. The van der Waals surface area contributed by atoms with E-state index >= 15 is 0 Å². The minimum Gasteiger partial charge on any atom is -0.378 e. The van der Waals surface area contributed by atoms with Crippen LogP contribution in [0.25, 0.3) is 0 Å². The van der Waals surface area contributed by atoms with Gasteiger partial charge in [-0.15, -0.1) is 0 Å². The maximum Gasteiger partial charge on any atom is 0.221 e. The van der Waals surface area contributed by atoms with Gasteiger partial charge in [-0.25, -0.2) is 0 Å². The lowest BCUT2D eigenvalue weighted by Crippen LogP contribution is -2.45. The van der Waals surface area contributed by atoms with E-state index < -0.39 is 0 Å². The van der Waals surface area contributed by atoms with Crippen molar-refractivity contribution in [1.29, 1.82) is 0 Å². The smallest absolute Gasteiger partial charge is 0.221 e. The second-order valence-corrected chi connectivity index (χ2v) is 6.34. The zero-order chi connectivity index (χ0) is 15.9. The number of benzene rings is 1. The Morgan fingerprint density at radius 2 is 2.13 bits per heavy atom. The summed E-state index contributed by atoms with van der Waals surface area (Å²) in [6, 6.07) is 10.4. The Hall–Kier alpha value is -1.43. The molecule has 3 unspecified atom stereocenters. The molecule has 3 atom stereocenters. The van der Waals surface area contributed by atoms with Gasteiger partial charge in [-0.05, 0) is 18.4 Å². The summed E-state index contributed by atoms with van der Waals surface area (Å²) in [7, 11) is 0. The topological polar surface area (TPSA) is 59.6 Å². The summed E-state index contributed by atoms with van der Waals surface area (Å²) >= 11 is 0. The molecule has 1 aromatic rings. The molecule has 2 fully saturated rings. The third-order valence-corrected chi connectivity index (χ3v) is 4.56. The van der Waals surface area contributed by atoms with Gasteiger partial charge in [-0.3, -0.25) is 4.79 Å². The van der Waals surface area contributed by atoms with Gasteiger partial charge in [0, 0.05) is 38.1 Å². The van der Waals surface area contributed by atoms with E-state index in [9.17, 15) is 4.79 Å². The van der Waals surface area contributed by atoms with Crippen molar-refractivity contribution in [1.82, 2.24) is 10.6 Å². The average molecular weight is 318 g/mol. The number of rotatable bonds is 5. The number of nitrogens with one attached hydrogen (secondary N) is 2. The highest BCUT2D eigenvalue weighted by Crippen LogP contribution is 2.33. The highest BCUT2D eigenvalue weighted by Gasteiger charge is 2.28. The molecule has 2 N–H and O–H groups in total. The summed E-state index contributed by atoms with van der Waals surface area (Å²) in [6.07, 6.45) is 2.71. The zero-order valence-corrected chi connectivity index (χ0v) is 13.5. The van der Waals surface area contributed by atoms with Gasteiger partial charge in [0.05, 0.1) is 19.3 Å². The van der Waals surface area contributed by atoms with Gasteiger partial charge in [-0.2, -0.15) is 0 Å². The molecule has 23 heavy (non-hydrogen) atoms. The van der Waals surface area contributed by atoms with Crippen molar-refractivity contribution in [2.24, 2.45) is 5.92 Å². The van der Waals surface area contributed by atoms with Crippen LogP contribution in [0.5, 0.6) is 0 Å². The van der Waals surface area contributed by atoms with Crippen LogP contribution >= 0.6 is 0 Å². The molecule has 0 radical (unpaired) electrons. The molecule has 2 aliphatic heterocycles. The third-order valence-electron chi connectivity index (χ3n) is 4.56. The first-order valence-corrected chi connectivity index (χ1v) is 8.57. The van der Waals surface area contributed by atoms with Gasteiger partial charge in [-0.1, -0.05) is 30.3 Å². The Bertz CT molecular complexity index is 488. The van der Waals surface area contributed by atoms with Crippen molar-refractivity contribution in [2.45, 2.75) is 31.4 Å². The van der Waals surface area contributed by atoms with Gasteiger partial charge < -0.3 is 20.1 Å². The fourth-order valence-electron chi connectivity index (χ4n) is 3.36. The summed E-state index contributed by atoms with van der Waals surface area (Å²) < 4.78 is 11.4. The maximum atomic E-state index is 12.1. The third kappa shape index (κ3) is 4.77. The molecule has 2 aliphatic rings. The summed E-state index contributed by atoms with van der Waals surface area (Å²) in [5.74, 6) is 0.427. The average Bonchev–Trinajstić information content (AvgIpc) is 2.62. The normalized spacial score (nSPS) is 28.3. The predicted octanol–water partition coefficient (Wildman–Crippen LogP) is 1.65. The molecule has 0 saturated carbocycles. The fourth-order valence-corrected chi connectivity index (χ4v) is 3.36. The van der Waals surface area contributed by atoms with E-state index in [1.54, 1.807) is 0 Å². The van der Waals surface area contributed by atoms with Gasteiger partial charge in [0.1, 0.15) is 0 Å². The molecule has 3 rings (SSSR count). The molecule has 0 bridgehead atoms. The molecular formula is C18H26N2O3. The van der Waals surface area contributed by atoms with E-state index in [0.29, 0.717) is 25.5 Å². The highest BCUT2D eigenvalue weighted by molar-refractivity contribution is 5.76. The van der Waals surface area contributed by atoms with Crippen molar-refractivity contribution in [3.63, 3.8) is 0 Å². The molecule has 5 heteroatoms. The molecular weight excluding hydrogens is 292 g/mol. The molecule has 1 aromatic carbocycles. The van der Waals surface area contributed by atoms with E-state index in [1.807, 2.05) is 18.2 Å². The second-order valence-electron chi connectivity index (χ2n) is 6.34. The van der Waals surface area contributed by atoms with Crippen LogP contribution in [-0.4, -0.2) is 44.9 Å². The van der Waals surface area contributed by atoms with Gasteiger partial charge in [0.25, 0.3) is 0 Å². The van der Waals surface area contributed by atoms with Crippen LogP contribution in [0.3, 0.4) is 0 Å². The van der Waals surface area contributed by atoms with Crippen LogP contribution in [0.2, 0.25) is 0 Å². The fraction of sp³-hybridized carbons (Fsp3) is 0.611. The van der Waals surface area contributed by atoms with Crippen molar-refractivity contribution >= 4 is 5.91 Å². The van der Waals surface area contributed by atoms with Crippen molar-refractivity contribution in [3.05, 3.63) is 35.9 Å². The molecule has 2 saturated heterocycles. The van der Waals surface area contributed by atoms with Crippen LogP contribution in [0.4, 0.5) is 0 Å². The quantitative estimate of drug-likeness (QED) is 0.867. The molecule has 2 heterocycles. The minimum absolute atomic E-state index is 0.0846. The van der Waals surface area contributed by atoms with Crippen LogP contribution in [0.15, 0.2) is 30.3 Å². The van der Waals surface area contributed by atoms with E-state index in [1.165, 1.54) is 5.56 Å². The zero-order valence-electron chi connectivity index (χ0n) is 13.5. The van der Waals surface area contributed by atoms with Crippen LogP contribution < -0.4 is 10.6 Å². The number of hydrogen-bond donors (Lipinski definition) is 2.